The van der Waals surface area contributed by atoms with Crippen molar-refractivity contribution in [2.75, 3.05) is 13.2 Å². The van der Waals surface area contributed by atoms with Gasteiger partial charge in [-0.25, -0.2) is 4.98 Å². The molecular formula is C17H22N2O3S. The van der Waals surface area contributed by atoms with Crippen LogP contribution >= 0.6 is 11.3 Å². The second-order valence-corrected chi connectivity index (χ2v) is 7.02. The third kappa shape index (κ3) is 4.28. The van der Waals surface area contributed by atoms with Crippen LogP contribution in [0.2, 0.25) is 0 Å². The molecule has 2 heterocycles. The van der Waals surface area contributed by atoms with Crippen molar-refractivity contribution in [3.8, 4) is 0 Å². The Morgan fingerprint density at radius 3 is 3.22 bits per heavy atom. The van der Waals surface area contributed by atoms with Crippen LogP contribution in [0.1, 0.15) is 30.3 Å². The highest BCUT2D eigenvalue weighted by molar-refractivity contribution is 7.18. The molecule has 0 unspecified atom stereocenters. The number of carbonyl (C=O) groups excluding carboxylic acids is 1. The van der Waals surface area contributed by atoms with Gasteiger partial charge in [0.15, 0.2) is 0 Å². The normalized spacial score (nSPS) is 19.1. The molecule has 1 N–H and O–H groups in total. The van der Waals surface area contributed by atoms with Gasteiger partial charge < -0.3 is 14.8 Å². The molecule has 0 bridgehead atoms. The maximum absolute atomic E-state index is 12.1. The van der Waals surface area contributed by atoms with Crippen LogP contribution in [0.15, 0.2) is 18.2 Å². The molecule has 1 aromatic carbocycles. The van der Waals surface area contributed by atoms with E-state index < -0.39 is 6.10 Å². The van der Waals surface area contributed by atoms with Crippen molar-refractivity contribution in [1.29, 1.82) is 0 Å². The van der Waals surface area contributed by atoms with E-state index in [1.54, 1.807) is 18.3 Å². The molecular weight excluding hydrogens is 312 g/mol. The topological polar surface area (TPSA) is 60.5 Å². The Balaban J connectivity index is 1.48. The molecule has 1 saturated heterocycles. The van der Waals surface area contributed by atoms with E-state index in [0.717, 1.165) is 34.7 Å². The van der Waals surface area contributed by atoms with Crippen LogP contribution in [0.3, 0.4) is 0 Å². The number of aromatic nitrogens is 1. The average molecular weight is 334 g/mol. The van der Waals surface area contributed by atoms with Crippen LogP contribution in [0, 0.1) is 6.92 Å². The summed E-state index contributed by atoms with van der Waals surface area (Å²) in [4.78, 5) is 16.6. The number of thiazole rings is 1. The summed E-state index contributed by atoms with van der Waals surface area (Å²) in [7, 11) is 0. The van der Waals surface area contributed by atoms with Gasteiger partial charge in [-0.15, -0.1) is 11.3 Å². The quantitative estimate of drug-likeness (QED) is 0.882. The third-order valence-corrected chi connectivity index (χ3v) is 4.96. The second-order valence-electron chi connectivity index (χ2n) is 5.91. The molecule has 5 nitrogen and oxygen atoms in total. The molecule has 2 atom stereocenters. The lowest BCUT2D eigenvalue weighted by atomic mass is 10.2. The van der Waals surface area contributed by atoms with E-state index in [4.69, 9.17) is 9.47 Å². The summed E-state index contributed by atoms with van der Waals surface area (Å²) in [6.45, 7) is 5.53. The predicted octanol–water partition coefficient (Wildman–Crippen LogP) is 2.81. The fraction of sp³-hybridized carbons (Fsp3) is 0.529. The van der Waals surface area contributed by atoms with Gasteiger partial charge >= 0.3 is 0 Å². The highest BCUT2D eigenvalue weighted by Gasteiger charge is 2.20. The minimum atomic E-state index is -0.476. The molecule has 0 aliphatic carbocycles. The van der Waals surface area contributed by atoms with Crippen molar-refractivity contribution in [2.24, 2.45) is 0 Å². The number of nitrogens with one attached hydrogen (secondary N) is 1. The van der Waals surface area contributed by atoms with Crippen molar-refractivity contribution in [2.45, 2.75) is 45.4 Å². The minimum Gasteiger partial charge on any atom is -0.376 e. The molecule has 0 saturated carbocycles. The standard InChI is InChI=1S/C17H22N2O3S/c1-11-5-6-15-14(8-11)19-16(23-15)9-18-17(20)12(2)22-10-13-4-3-7-21-13/h5-6,8,12-13H,3-4,7,9-10H2,1-2H3,(H,18,20)/t12-,13-/m0/s1. The number of nitrogens with zero attached hydrogens (tertiary/aromatic N) is 1. The molecule has 0 spiro atoms. The summed E-state index contributed by atoms with van der Waals surface area (Å²) in [5.41, 5.74) is 2.18. The molecule has 23 heavy (non-hydrogen) atoms. The van der Waals surface area contributed by atoms with Crippen molar-refractivity contribution < 1.29 is 14.3 Å². The fourth-order valence-electron chi connectivity index (χ4n) is 2.57. The van der Waals surface area contributed by atoms with Crippen LogP contribution in [0.25, 0.3) is 10.2 Å². The lowest BCUT2D eigenvalue weighted by molar-refractivity contribution is -0.133. The van der Waals surface area contributed by atoms with Crippen molar-refractivity contribution in [1.82, 2.24) is 10.3 Å². The van der Waals surface area contributed by atoms with Gasteiger partial charge in [-0.2, -0.15) is 0 Å². The van der Waals surface area contributed by atoms with E-state index in [9.17, 15) is 4.79 Å². The Labute approximate surface area is 140 Å². The Kier molecular flexibility index (Phi) is 5.25. The summed E-state index contributed by atoms with van der Waals surface area (Å²) in [6.07, 6.45) is 1.75. The Hall–Kier alpha value is -1.50. The Bertz CT molecular complexity index is 680. The molecule has 124 valence electrons. The molecule has 2 aromatic rings. The fourth-order valence-corrected chi connectivity index (χ4v) is 3.46. The maximum Gasteiger partial charge on any atom is 0.249 e. The molecule has 3 rings (SSSR count). The van der Waals surface area contributed by atoms with E-state index in [0.29, 0.717) is 13.2 Å². The van der Waals surface area contributed by atoms with Crippen LogP contribution < -0.4 is 5.32 Å². The first kappa shape index (κ1) is 16.4. The Morgan fingerprint density at radius 2 is 2.43 bits per heavy atom. The van der Waals surface area contributed by atoms with Crippen LogP contribution in [0.4, 0.5) is 0 Å². The zero-order valence-corrected chi connectivity index (χ0v) is 14.3. The van der Waals surface area contributed by atoms with E-state index in [2.05, 4.69) is 28.5 Å². The summed E-state index contributed by atoms with van der Waals surface area (Å²) in [5.74, 6) is -0.113. The van der Waals surface area contributed by atoms with Crippen LogP contribution in [0.5, 0.6) is 0 Å². The number of benzene rings is 1. The molecule has 0 radical (unpaired) electrons. The number of amides is 1. The summed E-state index contributed by atoms with van der Waals surface area (Å²) < 4.78 is 12.2. The number of aryl methyl sites for hydroxylation is 1. The van der Waals surface area contributed by atoms with Gasteiger partial charge in [-0.05, 0) is 44.4 Å². The molecule has 1 amide bonds. The highest BCUT2D eigenvalue weighted by Crippen LogP contribution is 2.22. The number of hydrogen-bond acceptors (Lipinski definition) is 5. The van der Waals surface area contributed by atoms with Gasteiger partial charge in [0.1, 0.15) is 11.1 Å². The van der Waals surface area contributed by atoms with Gasteiger partial charge in [0.25, 0.3) is 0 Å². The minimum absolute atomic E-state index is 0.113. The van der Waals surface area contributed by atoms with Gasteiger partial charge in [0.2, 0.25) is 5.91 Å². The zero-order chi connectivity index (χ0) is 16.2. The number of hydrogen-bond donors (Lipinski definition) is 1. The highest BCUT2D eigenvalue weighted by atomic mass is 32.1. The lowest BCUT2D eigenvalue weighted by Gasteiger charge is -2.15. The molecule has 1 fully saturated rings. The SMILES string of the molecule is Cc1ccc2sc(CNC(=O)[C@H](C)OC[C@@H]3CCCO3)nc2c1. The van der Waals surface area contributed by atoms with Gasteiger partial charge in [0.05, 0.1) is 29.5 Å². The predicted molar refractivity (Wildman–Crippen MR) is 90.6 cm³/mol. The first-order valence-corrected chi connectivity index (χ1v) is 8.80. The zero-order valence-electron chi connectivity index (χ0n) is 13.5. The number of carbonyl (C=O) groups is 1. The molecule has 1 aromatic heterocycles. The lowest BCUT2D eigenvalue weighted by Crippen LogP contribution is -2.35. The van der Waals surface area contributed by atoms with Crippen molar-refractivity contribution in [3.05, 3.63) is 28.8 Å². The van der Waals surface area contributed by atoms with Crippen molar-refractivity contribution in [3.63, 3.8) is 0 Å². The Morgan fingerprint density at radius 1 is 1.57 bits per heavy atom. The third-order valence-electron chi connectivity index (χ3n) is 3.93. The summed E-state index contributed by atoms with van der Waals surface area (Å²) >= 11 is 1.61. The number of rotatable bonds is 6. The van der Waals surface area contributed by atoms with Gasteiger partial charge in [-0.3, -0.25) is 4.79 Å². The van der Waals surface area contributed by atoms with Crippen LogP contribution in [-0.2, 0) is 20.8 Å². The number of ether oxygens (including phenoxy) is 2. The molecule has 1 aliphatic heterocycles. The van der Waals surface area contributed by atoms with Crippen LogP contribution in [-0.4, -0.2) is 36.3 Å². The summed E-state index contributed by atoms with van der Waals surface area (Å²) in [5, 5.41) is 3.80. The summed E-state index contributed by atoms with van der Waals surface area (Å²) in [6, 6.07) is 6.20. The second kappa shape index (κ2) is 7.38. The van der Waals surface area contributed by atoms with Crippen molar-refractivity contribution >= 4 is 27.5 Å². The maximum atomic E-state index is 12.1. The smallest absolute Gasteiger partial charge is 0.249 e. The van der Waals surface area contributed by atoms with Gasteiger partial charge in [-0.1, -0.05) is 6.07 Å². The first-order chi connectivity index (χ1) is 11.1. The average Bonchev–Trinajstić information content (AvgIpc) is 3.18. The largest absolute Gasteiger partial charge is 0.376 e. The van der Waals surface area contributed by atoms with E-state index in [1.807, 2.05) is 6.92 Å². The van der Waals surface area contributed by atoms with Gasteiger partial charge in [0, 0.05) is 6.61 Å². The molecule has 6 heteroatoms. The molecule has 1 aliphatic rings. The van der Waals surface area contributed by atoms with E-state index in [1.165, 1.54) is 5.56 Å². The first-order valence-electron chi connectivity index (χ1n) is 7.99. The number of fused-ring (bicyclic) bond motifs is 1. The van der Waals surface area contributed by atoms with E-state index >= 15 is 0 Å². The monoisotopic (exact) mass is 334 g/mol. The van der Waals surface area contributed by atoms with E-state index in [-0.39, 0.29) is 12.0 Å².